The van der Waals surface area contributed by atoms with Gasteiger partial charge >= 0.3 is 0 Å². The van der Waals surface area contributed by atoms with Crippen LogP contribution in [0.15, 0.2) is 0 Å². The van der Waals surface area contributed by atoms with E-state index < -0.39 is 10.0 Å². The van der Waals surface area contributed by atoms with Crippen LogP contribution in [0.1, 0.15) is 65.2 Å². The van der Waals surface area contributed by atoms with Crippen LogP contribution in [0.5, 0.6) is 0 Å². The van der Waals surface area contributed by atoms with Crippen LogP contribution in [0.3, 0.4) is 0 Å². The van der Waals surface area contributed by atoms with Crippen LogP contribution >= 0.6 is 0 Å². The van der Waals surface area contributed by atoms with E-state index in [9.17, 15) is 8.42 Å². The van der Waals surface area contributed by atoms with Crippen LogP contribution in [0.25, 0.3) is 0 Å². The Hall–Kier alpha value is -0.130. The van der Waals surface area contributed by atoms with Gasteiger partial charge in [0.1, 0.15) is 0 Å². The molecule has 0 unspecified atom stereocenters. The van der Waals surface area contributed by atoms with Gasteiger partial charge in [0.05, 0.1) is 5.75 Å². The van der Waals surface area contributed by atoms with E-state index in [0.717, 1.165) is 18.8 Å². The minimum Gasteiger partial charge on any atom is -0.311 e. The third kappa shape index (κ3) is 4.93. The lowest BCUT2D eigenvalue weighted by molar-refractivity contribution is 0.226. The molecule has 2 rings (SSSR count). The number of hydrogen-bond donors (Lipinski definition) is 1. The summed E-state index contributed by atoms with van der Waals surface area (Å²) in [6.07, 6.45) is 9.98. The summed E-state index contributed by atoms with van der Waals surface area (Å²) in [5.41, 5.74) is 0. The summed E-state index contributed by atoms with van der Waals surface area (Å²) in [5.74, 6) is 1.18. The molecule has 0 bridgehead atoms. The summed E-state index contributed by atoms with van der Waals surface area (Å²) in [6.45, 7) is 5.40. The fourth-order valence-electron chi connectivity index (χ4n) is 3.84. The first-order chi connectivity index (χ1) is 10.0. The van der Waals surface area contributed by atoms with E-state index in [1.165, 1.54) is 38.5 Å². The number of sulfonamides is 1. The Kier molecular flexibility index (Phi) is 6.51. The molecule has 1 N–H and O–H groups in total. The van der Waals surface area contributed by atoms with Crippen molar-refractivity contribution in [3.8, 4) is 0 Å². The first-order valence-electron chi connectivity index (χ1n) is 8.79. The molecular weight excluding hydrogens is 284 g/mol. The van der Waals surface area contributed by atoms with Gasteiger partial charge in [0.2, 0.25) is 10.0 Å². The minimum absolute atomic E-state index is 0.229. The zero-order valence-electron chi connectivity index (χ0n) is 13.7. The van der Waals surface area contributed by atoms with Gasteiger partial charge in [-0.15, -0.1) is 0 Å². The van der Waals surface area contributed by atoms with Crippen LogP contribution < -0.4 is 5.32 Å². The molecule has 0 amide bonds. The van der Waals surface area contributed by atoms with Gasteiger partial charge in [-0.2, -0.15) is 0 Å². The van der Waals surface area contributed by atoms with Gasteiger partial charge in [0.25, 0.3) is 0 Å². The molecule has 1 saturated carbocycles. The smallest absolute Gasteiger partial charge is 0.213 e. The topological polar surface area (TPSA) is 49.4 Å². The van der Waals surface area contributed by atoms with Crippen molar-refractivity contribution < 1.29 is 8.42 Å². The molecule has 0 aromatic heterocycles. The van der Waals surface area contributed by atoms with E-state index in [1.807, 2.05) is 0 Å². The first-order valence-corrected chi connectivity index (χ1v) is 10.4. The number of nitrogens with one attached hydrogen (secondary N) is 1. The second-order valence-corrected chi connectivity index (χ2v) is 9.00. The van der Waals surface area contributed by atoms with Crippen molar-refractivity contribution in [2.24, 2.45) is 5.92 Å². The Morgan fingerprint density at radius 3 is 2.05 bits per heavy atom. The molecule has 0 radical (unpaired) electrons. The molecule has 1 heterocycles. The van der Waals surface area contributed by atoms with Gasteiger partial charge in [0, 0.05) is 25.2 Å². The highest BCUT2D eigenvalue weighted by Gasteiger charge is 2.28. The van der Waals surface area contributed by atoms with Gasteiger partial charge in [-0.3, -0.25) is 0 Å². The predicted molar refractivity (Wildman–Crippen MR) is 87.8 cm³/mol. The van der Waals surface area contributed by atoms with Crippen LogP contribution in [0.4, 0.5) is 0 Å². The van der Waals surface area contributed by atoms with Gasteiger partial charge in [-0.1, -0.05) is 19.8 Å². The van der Waals surface area contributed by atoms with Gasteiger partial charge < -0.3 is 5.32 Å². The lowest BCUT2D eigenvalue weighted by Gasteiger charge is -2.36. The number of piperidine rings is 1. The number of nitrogens with zero attached hydrogens (tertiary/aromatic N) is 1. The van der Waals surface area contributed by atoms with E-state index in [1.54, 1.807) is 11.2 Å². The number of hydrogen-bond acceptors (Lipinski definition) is 3. The van der Waals surface area contributed by atoms with Crippen LogP contribution in [-0.4, -0.2) is 43.6 Å². The minimum atomic E-state index is -2.99. The van der Waals surface area contributed by atoms with Gasteiger partial charge in [0.15, 0.2) is 0 Å². The molecule has 1 saturated heterocycles. The first kappa shape index (κ1) is 17.2. The predicted octanol–water partition coefficient (Wildman–Crippen LogP) is 2.75. The van der Waals surface area contributed by atoms with E-state index in [2.05, 4.69) is 12.2 Å². The summed E-state index contributed by atoms with van der Waals surface area (Å²) < 4.78 is 25.4. The highest BCUT2D eigenvalue weighted by atomic mass is 32.2. The largest absolute Gasteiger partial charge is 0.311 e. The third-order valence-electron chi connectivity index (χ3n) is 5.23. The average molecular weight is 317 g/mol. The van der Waals surface area contributed by atoms with Crippen molar-refractivity contribution in [3.63, 3.8) is 0 Å². The summed E-state index contributed by atoms with van der Waals surface area (Å²) in [4.78, 5) is 0. The molecule has 1 aliphatic heterocycles. The Morgan fingerprint density at radius 2 is 1.52 bits per heavy atom. The SMILES string of the molecule is CCCC1CCC(NC2CCN(S(=O)(=O)CC)CC2)CC1. The van der Waals surface area contributed by atoms with Gasteiger partial charge in [-0.25, -0.2) is 12.7 Å². The van der Waals surface area contributed by atoms with E-state index in [4.69, 9.17) is 0 Å². The molecule has 124 valence electrons. The van der Waals surface area contributed by atoms with Gasteiger partial charge in [-0.05, 0) is 51.4 Å². The van der Waals surface area contributed by atoms with Crippen molar-refractivity contribution in [1.29, 1.82) is 0 Å². The van der Waals surface area contributed by atoms with Crippen molar-refractivity contribution >= 4 is 10.0 Å². The fourth-order valence-corrected chi connectivity index (χ4v) is 4.97. The molecule has 0 aromatic rings. The van der Waals surface area contributed by atoms with E-state index in [0.29, 0.717) is 25.2 Å². The summed E-state index contributed by atoms with van der Waals surface area (Å²) >= 11 is 0. The Labute approximate surface area is 130 Å². The van der Waals surface area contributed by atoms with Crippen LogP contribution in [0.2, 0.25) is 0 Å². The van der Waals surface area contributed by atoms with Crippen LogP contribution in [-0.2, 0) is 10.0 Å². The summed E-state index contributed by atoms with van der Waals surface area (Å²) in [7, 11) is -2.99. The molecule has 2 aliphatic rings. The van der Waals surface area contributed by atoms with Crippen molar-refractivity contribution in [2.45, 2.75) is 77.3 Å². The van der Waals surface area contributed by atoms with Crippen molar-refractivity contribution in [1.82, 2.24) is 9.62 Å². The zero-order chi connectivity index (χ0) is 15.3. The van der Waals surface area contributed by atoms with Crippen LogP contribution in [0, 0.1) is 5.92 Å². The van der Waals surface area contributed by atoms with E-state index in [-0.39, 0.29) is 5.75 Å². The monoisotopic (exact) mass is 316 g/mol. The maximum Gasteiger partial charge on any atom is 0.213 e. The Morgan fingerprint density at radius 1 is 0.952 bits per heavy atom. The quantitative estimate of drug-likeness (QED) is 0.820. The molecule has 1 aliphatic carbocycles. The molecule has 4 nitrogen and oxygen atoms in total. The molecule has 5 heteroatoms. The molecular formula is C16H32N2O2S. The highest BCUT2D eigenvalue weighted by Crippen LogP contribution is 2.28. The molecule has 0 aromatic carbocycles. The Balaban J connectivity index is 1.70. The van der Waals surface area contributed by atoms with E-state index >= 15 is 0 Å². The van der Waals surface area contributed by atoms with Crippen molar-refractivity contribution in [2.75, 3.05) is 18.8 Å². The zero-order valence-corrected chi connectivity index (χ0v) is 14.5. The lowest BCUT2D eigenvalue weighted by atomic mass is 9.83. The lowest BCUT2D eigenvalue weighted by Crippen LogP contribution is -2.48. The number of rotatable bonds is 6. The molecule has 0 atom stereocenters. The molecule has 21 heavy (non-hydrogen) atoms. The molecule has 0 spiro atoms. The highest BCUT2D eigenvalue weighted by molar-refractivity contribution is 7.89. The summed E-state index contributed by atoms with van der Waals surface area (Å²) in [5, 5.41) is 3.79. The second kappa shape index (κ2) is 7.93. The fraction of sp³-hybridized carbons (Fsp3) is 1.00. The second-order valence-electron chi connectivity index (χ2n) is 6.75. The Bertz CT molecular complexity index is 395. The third-order valence-corrected chi connectivity index (χ3v) is 7.11. The normalized spacial score (nSPS) is 29.6. The average Bonchev–Trinajstić information content (AvgIpc) is 2.50. The molecule has 2 fully saturated rings. The standard InChI is InChI=1S/C16H32N2O2S/c1-3-5-14-6-8-15(9-7-14)17-16-10-12-18(13-11-16)21(19,20)4-2/h14-17H,3-13H2,1-2H3. The summed E-state index contributed by atoms with van der Waals surface area (Å²) in [6, 6.07) is 1.18. The van der Waals surface area contributed by atoms with Crippen molar-refractivity contribution in [3.05, 3.63) is 0 Å². The maximum absolute atomic E-state index is 11.9. The maximum atomic E-state index is 11.9.